The Balaban J connectivity index is 2.34. The molecule has 2 heterocycles. The third kappa shape index (κ3) is 2.28. The lowest BCUT2D eigenvalue weighted by Crippen LogP contribution is -2.18. The predicted molar refractivity (Wildman–Crippen MR) is 66.2 cm³/mol. The van der Waals surface area contributed by atoms with Crippen molar-refractivity contribution in [2.45, 2.75) is 4.21 Å². The van der Waals surface area contributed by atoms with Crippen molar-refractivity contribution in [2.75, 3.05) is 4.72 Å². The number of H-pyrrole nitrogens is 1. The van der Waals surface area contributed by atoms with Gasteiger partial charge in [0.05, 0.1) is 11.8 Å². The number of nitrogens with zero attached hydrogens (tertiary/aromatic N) is 2. The minimum atomic E-state index is -3.70. The molecule has 10 heteroatoms. The zero-order valence-electron chi connectivity index (χ0n) is 8.86. The van der Waals surface area contributed by atoms with Gasteiger partial charge < -0.3 is 10.9 Å². The largest absolute Gasteiger partial charge is 0.409 e. The molecule has 96 valence electrons. The Labute approximate surface area is 106 Å². The van der Waals surface area contributed by atoms with Crippen LogP contribution in [0.4, 0.5) is 5.82 Å². The van der Waals surface area contributed by atoms with Crippen LogP contribution in [0.15, 0.2) is 33.1 Å². The second-order valence-electron chi connectivity index (χ2n) is 3.18. The normalized spacial score (nSPS) is 12.6. The Morgan fingerprint density at radius 1 is 1.61 bits per heavy atom. The van der Waals surface area contributed by atoms with Gasteiger partial charge in [-0.05, 0) is 11.4 Å². The fourth-order valence-corrected chi connectivity index (χ4v) is 3.24. The first-order valence-corrected chi connectivity index (χ1v) is 6.98. The quantitative estimate of drug-likeness (QED) is 0.279. The van der Waals surface area contributed by atoms with E-state index in [0.29, 0.717) is 0 Å². The molecular weight excluding hydrogens is 278 g/mol. The van der Waals surface area contributed by atoms with Crippen molar-refractivity contribution < 1.29 is 13.6 Å². The molecule has 0 bridgehead atoms. The monoisotopic (exact) mass is 287 g/mol. The molecule has 2 aromatic rings. The second-order valence-corrected chi connectivity index (χ2v) is 6.04. The number of aromatic nitrogens is 2. The third-order valence-corrected chi connectivity index (χ3v) is 4.77. The summed E-state index contributed by atoms with van der Waals surface area (Å²) in [6.07, 6.45) is 1.25. The average Bonchev–Trinajstić information content (AvgIpc) is 2.97. The van der Waals surface area contributed by atoms with E-state index in [9.17, 15) is 8.42 Å². The number of amidine groups is 1. The fraction of sp³-hybridized carbons (Fsp3) is 0. The summed E-state index contributed by atoms with van der Waals surface area (Å²) in [6, 6.07) is 3.09. The summed E-state index contributed by atoms with van der Waals surface area (Å²) in [7, 11) is -3.70. The Morgan fingerprint density at radius 2 is 2.39 bits per heavy atom. The van der Waals surface area contributed by atoms with E-state index in [4.69, 9.17) is 10.9 Å². The van der Waals surface area contributed by atoms with Crippen LogP contribution in [0.1, 0.15) is 5.56 Å². The highest BCUT2D eigenvalue weighted by Gasteiger charge is 2.19. The highest BCUT2D eigenvalue weighted by molar-refractivity contribution is 7.94. The van der Waals surface area contributed by atoms with Crippen LogP contribution in [0, 0.1) is 0 Å². The SMILES string of the molecule is NC(=NO)c1cn[nH]c1NS(=O)(=O)c1cccs1. The van der Waals surface area contributed by atoms with Gasteiger partial charge >= 0.3 is 0 Å². The molecule has 0 aliphatic rings. The van der Waals surface area contributed by atoms with Crippen LogP contribution in [0.5, 0.6) is 0 Å². The van der Waals surface area contributed by atoms with Crippen molar-refractivity contribution in [3.63, 3.8) is 0 Å². The highest BCUT2D eigenvalue weighted by atomic mass is 32.2. The van der Waals surface area contributed by atoms with Crippen molar-refractivity contribution in [3.05, 3.63) is 29.3 Å². The molecule has 2 rings (SSSR count). The smallest absolute Gasteiger partial charge is 0.272 e. The molecule has 0 fully saturated rings. The Morgan fingerprint density at radius 3 is 3.00 bits per heavy atom. The molecule has 0 amide bonds. The minimum Gasteiger partial charge on any atom is -0.409 e. The summed E-state index contributed by atoms with van der Waals surface area (Å²) in [5.74, 6) is -0.202. The number of sulfonamides is 1. The summed E-state index contributed by atoms with van der Waals surface area (Å²) in [5, 5.41) is 19.1. The Kier molecular flexibility index (Phi) is 3.21. The van der Waals surface area contributed by atoms with E-state index in [-0.39, 0.29) is 21.4 Å². The summed E-state index contributed by atoms with van der Waals surface area (Å²) >= 11 is 1.08. The molecule has 5 N–H and O–H groups in total. The topological polar surface area (TPSA) is 133 Å². The van der Waals surface area contributed by atoms with Crippen molar-refractivity contribution in [1.29, 1.82) is 0 Å². The number of thiophene rings is 1. The van der Waals surface area contributed by atoms with Gasteiger partial charge in [-0.2, -0.15) is 5.10 Å². The van der Waals surface area contributed by atoms with E-state index >= 15 is 0 Å². The Hall–Kier alpha value is -2.07. The highest BCUT2D eigenvalue weighted by Crippen LogP contribution is 2.20. The number of rotatable bonds is 4. The van der Waals surface area contributed by atoms with Gasteiger partial charge in [0.15, 0.2) is 5.84 Å². The average molecular weight is 287 g/mol. The van der Waals surface area contributed by atoms with Gasteiger partial charge in [-0.1, -0.05) is 11.2 Å². The zero-order valence-corrected chi connectivity index (χ0v) is 10.5. The number of anilines is 1. The van der Waals surface area contributed by atoms with Crippen molar-refractivity contribution in [1.82, 2.24) is 10.2 Å². The van der Waals surface area contributed by atoms with Crippen molar-refractivity contribution in [3.8, 4) is 0 Å². The number of nitrogens with two attached hydrogens (primary N) is 1. The Bertz CT molecular complexity index is 659. The lowest BCUT2D eigenvalue weighted by molar-refractivity contribution is 0.318. The van der Waals surface area contributed by atoms with Gasteiger partial charge in [-0.25, -0.2) is 8.42 Å². The lowest BCUT2D eigenvalue weighted by atomic mass is 10.3. The molecular formula is C8H9N5O3S2. The number of oxime groups is 1. The van der Waals surface area contributed by atoms with Gasteiger partial charge in [0.1, 0.15) is 10.0 Å². The molecule has 0 aliphatic carbocycles. The molecule has 0 saturated carbocycles. The van der Waals surface area contributed by atoms with Crippen molar-refractivity contribution >= 4 is 33.0 Å². The second kappa shape index (κ2) is 4.66. The standard InChI is InChI=1S/C8H9N5O3S2/c9-7(12-14)5-4-10-11-8(5)13-18(15,16)6-2-1-3-17-6/h1-4,14H,(H2,9,12)(H2,10,11,13). The maximum Gasteiger partial charge on any atom is 0.272 e. The van der Waals surface area contributed by atoms with Gasteiger partial charge in [0.25, 0.3) is 10.0 Å². The van der Waals surface area contributed by atoms with E-state index in [2.05, 4.69) is 20.1 Å². The number of aromatic amines is 1. The molecule has 0 unspecified atom stereocenters. The molecule has 0 saturated heterocycles. The summed E-state index contributed by atoms with van der Waals surface area (Å²) in [5.41, 5.74) is 5.55. The van der Waals surface area contributed by atoms with Crippen LogP contribution in [0.3, 0.4) is 0 Å². The van der Waals surface area contributed by atoms with E-state index in [0.717, 1.165) is 11.3 Å². The van der Waals surface area contributed by atoms with Crippen LogP contribution in [-0.4, -0.2) is 29.7 Å². The molecule has 0 radical (unpaired) electrons. The maximum atomic E-state index is 11.9. The van der Waals surface area contributed by atoms with E-state index < -0.39 is 10.0 Å². The number of hydrogen-bond donors (Lipinski definition) is 4. The first-order chi connectivity index (χ1) is 8.54. The third-order valence-electron chi connectivity index (χ3n) is 2.02. The molecule has 0 aliphatic heterocycles. The van der Waals surface area contributed by atoms with Gasteiger partial charge in [-0.15, -0.1) is 11.3 Å². The molecule has 0 spiro atoms. The number of hydrogen-bond acceptors (Lipinski definition) is 6. The molecule has 2 aromatic heterocycles. The molecule has 8 nitrogen and oxygen atoms in total. The first-order valence-electron chi connectivity index (χ1n) is 4.62. The maximum absolute atomic E-state index is 11.9. The fourth-order valence-electron chi connectivity index (χ4n) is 1.21. The van der Waals surface area contributed by atoms with Crippen LogP contribution < -0.4 is 10.5 Å². The van der Waals surface area contributed by atoms with Gasteiger partial charge in [0, 0.05) is 0 Å². The van der Waals surface area contributed by atoms with Crippen molar-refractivity contribution in [2.24, 2.45) is 10.9 Å². The molecule has 0 atom stereocenters. The van der Waals surface area contributed by atoms with Crippen LogP contribution >= 0.6 is 11.3 Å². The predicted octanol–water partition coefficient (Wildman–Crippen LogP) is 0.366. The molecule has 0 aromatic carbocycles. The van der Waals surface area contributed by atoms with E-state index in [1.165, 1.54) is 12.3 Å². The summed E-state index contributed by atoms with van der Waals surface area (Å²) < 4.78 is 26.3. The lowest BCUT2D eigenvalue weighted by Gasteiger charge is -2.05. The number of nitrogens with one attached hydrogen (secondary N) is 2. The summed E-state index contributed by atoms with van der Waals surface area (Å²) in [4.78, 5) is 0. The van der Waals surface area contributed by atoms with E-state index in [1.807, 2.05) is 0 Å². The van der Waals surface area contributed by atoms with Crippen LogP contribution in [-0.2, 0) is 10.0 Å². The van der Waals surface area contributed by atoms with Gasteiger partial charge in [-0.3, -0.25) is 9.82 Å². The van der Waals surface area contributed by atoms with Crippen LogP contribution in [0.2, 0.25) is 0 Å². The van der Waals surface area contributed by atoms with E-state index in [1.54, 1.807) is 11.4 Å². The minimum absolute atomic E-state index is 0.0405. The first kappa shape index (κ1) is 12.4. The summed E-state index contributed by atoms with van der Waals surface area (Å²) in [6.45, 7) is 0. The van der Waals surface area contributed by atoms with Crippen LogP contribution in [0.25, 0.3) is 0 Å². The van der Waals surface area contributed by atoms with Gasteiger partial charge in [0.2, 0.25) is 0 Å². The zero-order chi connectivity index (χ0) is 13.2. The molecule has 18 heavy (non-hydrogen) atoms.